The molecule has 156 valence electrons. The number of guanidine groups is 1. The summed E-state index contributed by atoms with van der Waals surface area (Å²) >= 11 is 0. The van der Waals surface area contributed by atoms with Crippen molar-refractivity contribution in [2.45, 2.75) is 45.5 Å². The van der Waals surface area contributed by atoms with E-state index in [1.165, 1.54) is 16.7 Å². The average molecular weight is 395 g/mol. The Kier molecular flexibility index (Phi) is 8.53. The van der Waals surface area contributed by atoms with Gasteiger partial charge >= 0.3 is 0 Å². The molecule has 1 aliphatic rings. The van der Waals surface area contributed by atoms with Crippen molar-refractivity contribution in [2.75, 3.05) is 26.7 Å². The van der Waals surface area contributed by atoms with Crippen molar-refractivity contribution in [1.82, 2.24) is 15.5 Å². The van der Waals surface area contributed by atoms with Gasteiger partial charge in [0, 0.05) is 39.3 Å². The molecule has 0 unspecified atom stereocenters. The summed E-state index contributed by atoms with van der Waals surface area (Å²) in [6.45, 7) is 7.55. The highest BCUT2D eigenvalue weighted by atomic mass is 16.5. The van der Waals surface area contributed by atoms with Crippen LogP contribution in [-0.4, -0.2) is 43.6 Å². The summed E-state index contributed by atoms with van der Waals surface area (Å²) in [7, 11) is 1.73. The molecule has 0 bridgehead atoms. The van der Waals surface area contributed by atoms with Crippen LogP contribution in [0.2, 0.25) is 0 Å². The van der Waals surface area contributed by atoms with E-state index < -0.39 is 0 Å². The van der Waals surface area contributed by atoms with Gasteiger partial charge in [-0.1, -0.05) is 54.6 Å². The van der Waals surface area contributed by atoms with Gasteiger partial charge in [-0.3, -0.25) is 4.90 Å². The van der Waals surface area contributed by atoms with E-state index >= 15 is 0 Å². The van der Waals surface area contributed by atoms with Crippen molar-refractivity contribution in [1.29, 1.82) is 0 Å². The molecule has 0 atom stereocenters. The Balaban J connectivity index is 1.50. The first-order valence-corrected chi connectivity index (χ1v) is 10.6. The number of likely N-dealkylation sites (tertiary alicyclic amines) is 1. The van der Waals surface area contributed by atoms with Gasteiger partial charge in [-0.25, -0.2) is 4.99 Å². The third-order valence-corrected chi connectivity index (χ3v) is 5.24. The van der Waals surface area contributed by atoms with Gasteiger partial charge in [0.2, 0.25) is 0 Å². The Morgan fingerprint density at radius 3 is 2.48 bits per heavy atom. The molecule has 2 aromatic rings. The van der Waals surface area contributed by atoms with Crippen molar-refractivity contribution in [3.63, 3.8) is 0 Å². The third-order valence-electron chi connectivity index (χ3n) is 5.24. The van der Waals surface area contributed by atoms with E-state index in [0.29, 0.717) is 19.2 Å². The maximum absolute atomic E-state index is 5.23. The normalized spacial score (nSPS) is 16.0. The third kappa shape index (κ3) is 7.18. The number of benzene rings is 2. The van der Waals surface area contributed by atoms with Gasteiger partial charge in [-0.2, -0.15) is 0 Å². The Hall–Kier alpha value is -2.37. The van der Waals surface area contributed by atoms with Crippen LogP contribution in [0.25, 0.3) is 0 Å². The number of hydrogen-bond acceptors (Lipinski definition) is 3. The van der Waals surface area contributed by atoms with Gasteiger partial charge < -0.3 is 15.4 Å². The van der Waals surface area contributed by atoms with Crippen LogP contribution in [0.15, 0.2) is 59.6 Å². The van der Waals surface area contributed by atoms with Crippen LogP contribution < -0.4 is 10.6 Å². The molecule has 0 amide bonds. The number of ether oxygens (including phenoxy) is 1. The number of piperidine rings is 1. The molecule has 5 nitrogen and oxygen atoms in total. The molecule has 1 aliphatic heterocycles. The maximum atomic E-state index is 5.23. The second-order valence-corrected chi connectivity index (χ2v) is 7.63. The number of rotatable bonds is 8. The molecule has 29 heavy (non-hydrogen) atoms. The summed E-state index contributed by atoms with van der Waals surface area (Å²) in [6.07, 6.45) is 2.28. The molecule has 2 N–H and O–H groups in total. The van der Waals surface area contributed by atoms with E-state index in [4.69, 9.17) is 9.73 Å². The van der Waals surface area contributed by atoms with Crippen LogP contribution in [0.3, 0.4) is 0 Å². The molecule has 0 saturated carbocycles. The molecule has 2 aromatic carbocycles. The molecule has 3 rings (SSSR count). The second-order valence-electron chi connectivity index (χ2n) is 7.63. The fourth-order valence-electron chi connectivity index (χ4n) is 3.75. The Bertz CT molecular complexity index is 754. The SMILES string of the molecule is CCNC(=NCc1cccc(COC)c1)NC1CCN(Cc2ccccc2)CC1. The van der Waals surface area contributed by atoms with Crippen LogP contribution in [0, 0.1) is 0 Å². The van der Waals surface area contributed by atoms with Gasteiger partial charge in [0.1, 0.15) is 0 Å². The predicted molar refractivity (Wildman–Crippen MR) is 120 cm³/mol. The standard InChI is InChI=1S/C24H34N4O/c1-3-25-24(26-17-21-10-7-11-22(16-21)19-29-2)27-23-12-14-28(15-13-23)18-20-8-5-4-6-9-20/h4-11,16,23H,3,12-15,17-19H2,1-2H3,(H2,25,26,27). The lowest BCUT2D eigenvalue weighted by Crippen LogP contribution is -2.48. The van der Waals surface area contributed by atoms with Gasteiger partial charge in [-0.05, 0) is 36.5 Å². The molecule has 1 heterocycles. The fraction of sp³-hybridized carbons (Fsp3) is 0.458. The minimum Gasteiger partial charge on any atom is -0.380 e. The molecule has 1 fully saturated rings. The quantitative estimate of drug-likeness (QED) is 0.531. The Morgan fingerprint density at radius 2 is 1.76 bits per heavy atom. The number of aliphatic imine (C=N–C) groups is 1. The summed E-state index contributed by atoms with van der Waals surface area (Å²) in [5.74, 6) is 0.908. The first-order valence-electron chi connectivity index (χ1n) is 10.6. The first-order chi connectivity index (χ1) is 14.3. The number of methoxy groups -OCH3 is 1. The van der Waals surface area contributed by atoms with E-state index in [1.54, 1.807) is 7.11 Å². The van der Waals surface area contributed by atoms with Gasteiger partial charge in [0.25, 0.3) is 0 Å². The van der Waals surface area contributed by atoms with Crippen molar-refractivity contribution >= 4 is 5.96 Å². The highest BCUT2D eigenvalue weighted by molar-refractivity contribution is 5.80. The van der Waals surface area contributed by atoms with Crippen molar-refractivity contribution in [2.24, 2.45) is 4.99 Å². The van der Waals surface area contributed by atoms with E-state index in [-0.39, 0.29) is 0 Å². The lowest BCUT2D eigenvalue weighted by atomic mass is 10.0. The predicted octanol–water partition coefficient (Wildman–Crippen LogP) is 3.55. The summed E-state index contributed by atoms with van der Waals surface area (Å²) in [5.41, 5.74) is 3.78. The van der Waals surface area contributed by atoms with E-state index in [0.717, 1.165) is 45.0 Å². The van der Waals surface area contributed by atoms with E-state index in [1.807, 2.05) is 0 Å². The van der Waals surface area contributed by atoms with Gasteiger partial charge in [0.15, 0.2) is 5.96 Å². The lowest BCUT2D eigenvalue weighted by molar-refractivity contribution is 0.185. The monoisotopic (exact) mass is 394 g/mol. The molecular formula is C24H34N4O. The average Bonchev–Trinajstić information content (AvgIpc) is 2.75. The second kappa shape index (κ2) is 11.6. The summed E-state index contributed by atoms with van der Waals surface area (Å²) < 4.78 is 5.23. The maximum Gasteiger partial charge on any atom is 0.191 e. The first kappa shape index (κ1) is 21.3. The molecule has 1 saturated heterocycles. The molecule has 0 radical (unpaired) electrons. The van der Waals surface area contributed by atoms with Crippen LogP contribution in [-0.2, 0) is 24.4 Å². The minimum absolute atomic E-state index is 0.472. The molecule has 0 spiro atoms. The van der Waals surface area contributed by atoms with Gasteiger partial charge in [0.05, 0.1) is 13.2 Å². The van der Waals surface area contributed by atoms with E-state index in [2.05, 4.69) is 77.1 Å². The number of nitrogens with zero attached hydrogens (tertiary/aromatic N) is 2. The fourth-order valence-corrected chi connectivity index (χ4v) is 3.75. The molecule has 0 aliphatic carbocycles. The zero-order valence-electron chi connectivity index (χ0n) is 17.7. The lowest BCUT2D eigenvalue weighted by Gasteiger charge is -2.33. The number of nitrogens with one attached hydrogen (secondary N) is 2. The zero-order valence-corrected chi connectivity index (χ0v) is 17.7. The van der Waals surface area contributed by atoms with Crippen molar-refractivity contribution in [3.05, 3.63) is 71.3 Å². The van der Waals surface area contributed by atoms with Crippen LogP contribution in [0.5, 0.6) is 0 Å². The minimum atomic E-state index is 0.472. The highest BCUT2D eigenvalue weighted by Gasteiger charge is 2.20. The smallest absolute Gasteiger partial charge is 0.191 e. The van der Waals surface area contributed by atoms with Crippen LogP contribution in [0.4, 0.5) is 0 Å². The molecule has 5 heteroatoms. The molecular weight excluding hydrogens is 360 g/mol. The van der Waals surface area contributed by atoms with E-state index in [9.17, 15) is 0 Å². The Labute approximate surface area is 175 Å². The van der Waals surface area contributed by atoms with Crippen LogP contribution >= 0.6 is 0 Å². The summed E-state index contributed by atoms with van der Waals surface area (Å²) in [5, 5.41) is 7.03. The van der Waals surface area contributed by atoms with Crippen molar-refractivity contribution in [3.8, 4) is 0 Å². The van der Waals surface area contributed by atoms with Crippen LogP contribution in [0.1, 0.15) is 36.5 Å². The number of hydrogen-bond donors (Lipinski definition) is 2. The summed E-state index contributed by atoms with van der Waals surface area (Å²) in [4.78, 5) is 7.35. The van der Waals surface area contributed by atoms with Crippen molar-refractivity contribution < 1.29 is 4.74 Å². The van der Waals surface area contributed by atoms with Gasteiger partial charge in [-0.15, -0.1) is 0 Å². The Morgan fingerprint density at radius 1 is 1.03 bits per heavy atom. The molecule has 0 aromatic heterocycles. The topological polar surface area (TPSA) is 48.9 Å². The summed E-state index contributed by atoms with van der Waals surface area (Å²) in [6, 6.07) is 19.7. The highest BCUT2D eigenvalue weighted by Crippen LogP contribution is 2.14. The zero-order chi connectivity index (χ0) is 20.3. The largest absolute Gasteiger partial charge is 0.380 e.